The largest absolute Gasteiger partial charge is 0.306 e. The van der Waals surface area contributed by atoms with Crippen LogP contribution in [0.2, 0.25) is 0 Å². The number of imide groups is 1. The molecule has 5 nitrogen and oxygen atoms in total. The number of halogens is 1. The first-order valence-corrected chi connectivity index (χ1v) is 8.56. The zero-order valence-electron chi connectivity index (χ0n) is 12.3. The molecule has 22 heavy (non-hydrogen) atoms. The maximum absolute atomic E-state index is 12.8. The van der Waals surface area contributed by atoms with Crippen molar-refractivity contribution >= 4 is 33.4 Å². The average Bonchev–Trinajstić information content (AvgIpc) is 3.22. The maximum Gasteiger partial charge on any atom is 0.250 e. The van der Waals surface area contributed by atoms with Crippen molar-refractivity contribution in [2.45, 2.75) is 37.8 Å². The van der Waals surface area contributed by atoms with Crippen molar-refractivity contribution in [1.29, 1.82) is 0 Å². The smallest absolute Gasteiger partial charge is 0.250 e. The van der Waals surface area contributed by atoms with E-state index in [1.165, 1.54) is 4.90 Å². The lowest BCUT2D eigenvalue weighted by Crippen LogP contribution is -2.52. The van der Waals surface area contributed by atoms with Crippen LogP contribution in [0.5, 0.6) is 0 Å². The van der Waals surface area contributed by atoms with E-state index in [1.54, 1.807) is 0 Å². The molecule has 2 amide bonds. The van der Waals surface area contributed by atoms with Gasteiger partial charge in [-0.1, -0.05) is 15.9 Å². The normalized spacial score (nSPS) is 24.4. The quantitative estimate of drug-likeness (QED) is 0.802. The van der Waals surface area contributed by atoms with E-state index < -0.39 is 0 Å². The highest BCUT2D eigenvalue weighted by Crippen LogP contribution is 2.23. The molecule has 2 fully saturated rings. The molecule has 0 unspecified atom stereocenters. The molecule has 1 aromatic rings. The van der Waals surface area contributed by atoms with Gasteiger partial charge in [0.15, 0.2) is 0 Å². The summed E-state index contributed by atoms with van der Waals surface area (Å²) in [6.45, 7) is 1.67. The van der Waals surface area contributed by atoms with Crippen LogP contribution in [-0.2, 0) is 9.59 Å². The van der Waals surface area contributed by atoms with Crippen LogP contribution in [0.1, 0.15) is 25.7 Å². The summed E-state index contributed by atoms with van der Waals surface area (Å²) in [7, 11) is 0. The van der Waals surface area contributed by atoms with Gasteiger partial charge in [0.1, 0.15) is 0 Å². The number of nitrogens with one attached hydrogen (secondary N) is 2. The highest BCUT2D eigenvalue weighted by molar-refractivity contribution is 9.10. The molecule has 2 atom stereocenters. The van der Waals surface area contributed by atoms with Crippen LogP contribution < -0.4 is 15.5 Å². The Morgan fingerprint density at radius 2 is 1.45 bits per heavy atom. The predicted molar refractivity (Wildman–Crippen MR) is 88.7 cm³/mol. The Bertz CT molecular complexity index is 521. The molecular formula is C16H20BrN3O2. The zero-order valence-corrected chi connectivity index (χ0v) is 13.9. The Kier molecular flexibility index (Phi) is 4.90. The van der Waals surface area contributed by atoms with Crippen LogP contribution in [0.3, 0.4) is 0 Å². The molecule has 3 rings (SSSR count). The van der Waals surface area contributed by atoms with Gasteiger partial charge in [0, 0.05) is 4.47 Å². The number of hydrogen-bond acceptors (Lipinski definition) is 4. The van der Waals surface area contributed by atoms with Crippen LogP contribution in [0, 0.1) is 0 Å². The summed E-state index contributed by atoms with van der Waals surface area (Å²) in [5.74, 6) is -0.281. The summed E-state index contributed by atoms with van der Waals surface area (Å²) >= 11 is 3.39. The number of carbonyl (C=O) groups excluding carboxylic acids is 2. The SMILES string of the molecule is O=C([C@@H]1CCCN1)N(C(=O)[C@@H]1CCCN1)c1ccc(Br)cc1. The fourth-order valence-electron chi connectivity index (χ4n) is 3.06. The van der Waals surface area contributed by atoms with E-state index in [9.17, 15) is 9.59 Å². The van der Waals surface area contributed by atoms with Gasteiger partial charge in [-0.15, -0.1) is 0 Å². The summed E-state index contributed by atoms with van der Waals surface area (Å²) in [6, 6.07) is 6.82. The Labute approximate surface area is 138 Å². The second kappa shape index (κ2) is 6.89. The van der Waals surface area contributed by atoms with Crippen molar-refractivity contribution in [3.8, 4) is 0 Å². The molecule has 2 aliphatic rings. The van der Waals surface area contributed by atoms with E-state index in [2.05, 4.69) is 26.6 Å². The third-order valence-electron chi connectivity index (χ3n) is 4.24. The van der Waals surface area contributed by atoms with E-state index in [-0.39, 0.29) is 23.9 Å². The van der Waals surface area contributed by atoms with Crippen molar-refractivity contribution in [2.75, 3.05) is 18.0 Å². The Balaban J connectivity index is 1.88. The molecule has 6 heteroatoms. The van der Waals surface area contributed by atoms with Gasteiger partial charge in [0.25, 0.3) is 11.8 Å². The Morgan fingerprint density at radius 1 is 0.955 bits per heavy atom. The van der Waals surface area contributed by atoms with E-state index in [4.69, 9.17) is 0 Å². The van der Waals surface area contributed by atoms with Crippen molar-refractivity contribution in [2.24, 2.45) is 0 Å². The zero-order chi connectivity index (χ0) is 15.5. The van der Waals surface area contributed by atoms with Crippen LogP contribution in [-0.4, -0.2) is 37.0 Å². The Morgan fingerprint density at radius 3 is 1.86 bits per heavy atom. The van der Waals surface area contributed by atoms with Crippen LogP contribution in [0.25, 0.3) is 0 Å². The lowest BCUT2D eigenvalue weighted by atomic mass is 10.1. The molecular weight excluding hydrogens is 346 g/mol. The first-order valence-electron chi connectivity index (χ1n) is 7.77. The number of carbonyl (C=O) groups is 2. The van der Waals surface area contributed by atoms with E-state index in [0.717, 1.165) is 43.2 Å². The van der Waals surface area contributed by atoms with Gasteiger partial charge < -0.3 is 10.6 Å². The molecule has 2 aliphatic heterocycles. The van der Waals surface area contributed by atoms with E-state index in [1.807, 2.05) is 24.3 Å². The molecule has 0 saturated carbocycles. The molecule has 0 bridgehead atoms. The summed E-state index contributed by atoms with van der Waals surface area (Å²) in [6.07, 6.45) is 3.52. The molecule has 0 aromatic heterocycles. The minimum atomic E-state index is -0.256. The number of nitrogens with zero attached hydrogens (tertiary/aromatic N) is 1. The summed E-state index contributed by atoms with van der Waals surface area (Å²) in [5, 5.41) is 6.38. The minimum Gasteiger partial charge on any atom is -0.306 e. The van der Waals surface area contributed by atoms with Crippen LogP contribution >= 0.6 is 15.9 Å². The molecule has 118 valence electrons. The van der Waals surface area contributed by atoms with Gasteiger partial charge in [0.05, 0.1) is 17.8 Å². The van der Waals surface area contributed by atoms with E-state index >= 15 is 0 Å². The topological polar surface area (TPSA) is 61.4 Å². The van der Waals surface area contributed by atoms with Gasteiger partial charge in [-0.3, -0.25) is 9.59 Å². The van der Waals surface area contributed by atoms with Gasteiger partial charge in [-0.05, 0) is 63.0 Å². The Hall–Kier alpha value is -1.24. The molecule has 1 aromatic carbocycles. The highest BCUT2D eigenvalue weighted by atomic mass is 79.9. The lowest BCUT2D eigenvalue weighted by molar-refractivity contribution is -0.128. The second-order valence-corrected chi connectivity index (χ2v) is 6.70. The summed E-state index contributed by atoms with van der Waals surface area (Å²) < 4.78 is 0.925. The molecule has 0 spiro atoms. The minimum absolute atomic E-state index is 0.140. The van der Waals surface area contributed by atoms with Crippen molar-refractivity contribution in [3.05, 3.63) is 28.7 Å². The fraction of sp³-hybridized carbons (Fsp3) is 0.500. The number of hydrogen-bond donors (Lipinski definition) is 2. The van der Waals surface area contributed by atoms with E-state index in [0.29, 0.717) is 5.69 Å². The number of anilines is 1. The number of amides is 2. The highest BCUT2D eigenvalue weighted by Gasteiger charge is 2.36. The number of benzene rings is 1. The van der Waals surface area contributed by atoms with Crippen molar-refractivity contribution < 1.29 is 9.59 Å². The predicted octanol–water partition coefficient (Wildman–Crippen LogP) is 1.81. The summed E-state index contributed by atoms with van der Waals surface area (Å²) in [4.78, 5) is 27.0. The second-order valence-electron chi connectivity index (χ2n) is 5.79. The third kappa shape index (κ3) is 3.24. The molecule has 2 N–H and O–H groups in total. The molecule has 2 heterocycles. The van der Waals surface area contributed by atoms with Gasteiger partial charge in [0.2, 0.25) is 0 Å². The summed E-state index contributed by atoms with van der Waals surface area (Å²) in [5.41, 5.74) is 0.639. The average molecular weight is 366 g/mol. The third-order valence-corrected chi connectivity index (χ3v) is 4.77. The molecule has 0 radical (unpaired) electrons. The molecule has 0 aliphatic carbocycles. The van der Waals surface area contributed by atoms with Crippen LogP contribution in [0.4, 0.5) is 5.69 Å². The van der Waals surface area contributed by atoms with Gasteiger partial charge in [-0.2, -0.15) is 0 Å². The monoisotopic (exact) mass is 365 g/mol. The first kappa shape index (κ1) is 15.6. The lowest BCUT2D eigenvalue weighted by Gasteiger charge is -2.26. The van der Waals surface area contributed by atoms with Crippen molar-refractivity contribution in [3.63, 3.8) is 0 Å². The van der Waals surface area contributed by atoms with Crippen LogP contribution in [0.15, 0.2) is 28.7 Å². The van der Waals surface area contributed by atoms with Gasteiger partial charge >= 0.3 is 0 Å². The molecule has 2 saturated heterocycles. The van der Waals surface area contributed by atoms with Crippen molar-refractivity contribution in [1.82, 2.24) is 10.6 Å². The standard InChI is InChI=1S/C16H20BrN3O2/c17-11-5-7-12(8-6-11)20(15(21)13-3-1-9-18-13)16(22)14-4-2-10-19-14/h5-8,13-14,18-19H,1-4,9-10H2/t13-,14-/m0/s1. The van der Waals surface area contributed by atoms with Gasteiger partial charge in [-0.25, -0.2) is 4.90 Å². The first-order chi connectivity index (χ1) is 10.7. The number of rotatable bonds is 3. The fourth-order valence-corrected chi connectivity index (χ4v) is 3.32. The maximum atomic E-state index is 12.8.